The molecule has 134 valence electrons. The van der Waals surface area contributed by atoms with Crippen LogP contribution in [0.5, 0.6) is 0 Å². The topological polar surface area (TPSA) is 82.6 Å². The molecule has 4 amide bonds. The predicted octanol–water partition coefficient (Wildman–Crippen LogP) is 1.64. The van der Waals surface area contributed by atoms with Crippen LogP contribution < -0.4 is 5.32 Å². The van der Waals surface area contributed by atoms with Crippen molar-refractivity contribution in [2.45, 2.75) is 57.7 Å². The van der Waals surface area contributed by atoms with Gasteiger partial charge in [0, 0.05) is 18.3 Å². The van der Waals surface area contributed by atoms with E-state index in [1.807, 2.05) is 13.8 Å². The summed E-state index contributed by atoms with van der Waals surface area (Å²) in [7, 11) is 0. The van der Waals surface area contributed by atoms with Crippen molar-refractivity contribution in [2.24, 2.45) is 0 Å². The minimum Gasteiger partial charge on any atom is -0.336 e. The van der Waals surface area contributed by atoms with Crippen LogP contribution >= 0.6 is 0 Å². The van der Waals surface area contributed by atoms with Gasteiger partial charge in [-0.2, -0.15) is 0 Å². The highest BCUT2D eigenvalue weighted by molar-refractivity contribution is 6.09. The van der Waals surface area contributed by atoms with Crippen LogP contribution in [0.2, 0.25) is 0 Å². The van der Waals surface area contributed by atoms with Crippen molar-refractivity contribution in [2.75, 3.05) is 6.54 Å². The van der Waals surface area contributed by atoms with E-state index in [1.54, 1.807) is 36.2 Å². The van der Waals surface area contributed by atoms with Crippen molar-refractivity contribution in [3.8, 4) is 0 Å². The van der Waals surface area contributed by atoms with Crippen molar-refractivity contribution in [3.63, 3.8) is 0 Å². The Balaban J connectivity index is 1.78. The van der Waals surface area contributed by atoms with Gasteiger partial charge in [-0.05, 0) is 52.2 Å². The summed E-state index contributed by atoms with van der Waals surface area (Å²) in [4.78, 5) is 45.0. The molecule has 0 aromatic carbocycles. The van der Waals surface area contributed by atoms with E-state index in [0.717, 1.165) is 24.2 Å². The predicted molar refractivity (Wildman–Crippen MR) is 91.5 cm³/mol. The van der Waals surface area contributed by atoms with Crippen molar-refractivity contribution < 1.29 is 14.4 Å². The third-order valence-electron chi connectivity index (χ3n) is 5.23. The number of likely N-dealkylation sites (tertiary alicyclic amines) is 1. The third kappa shape index (κ3) is 2.99. The normalized spacial score (nSPS) is 29.7. The first kappa shape index (κ1) is 17.4. The number of piperidine rings is 1. The van der Waals surface area contributed by atoms with Gasteiger partial charge in [0.1, 0.15) is 6.54 Å². The van der Waals surface area contributed by atoms with Crippen molar-refractivity contribution >= 4 is 17.8 Å². The van der Waals surface area contributed by atoms with Crippen LogP contribution in [0, 0.1) is 0 Å². The van der Waals surface area contributed by atoms with Crippen LogP contribution in [-0.2, 0) is 15.1 Å². The molecule has 2 saturated heterocycles. The summed E-state index contributed by atoms with van der Waals surface area (Å²) in [6.45, 7) is 5.41. The molecule has 1 N–H and O–H groups in total. The fourth-order valence-electron chi connectivity index (χ4n) is 3.80. The molecule has 0 aliphatic carbocycles. The lowest BCUT2D eigenvalue weighted by Crippen LogP contribution is -2.52. The van der Waals surface area contributed by atoms with E-state index >= 15 is 0 Å². The number of imide groups is 1. The Kier molecular flexibility index (Phi) is 4.49. The summed E-state index contributed by atoms with van der Waals surface area (Å²) >= 11 is 0. The summed E-state index contributed by atoms with van der Waals surface area (Å²) < 4.78 is 0. The molecule has 0 spiro atoms. The van der Waals surface area contributed by atoms with E-state index in [-0.39, 0.29) is 24.5 Å². The third-order valence-corrected chi connectivity index (χ3v) is 5.23. The Bertz CT molecular complexity index is 683. The number of urea groups is 1. The lowest BCUT2D eigenvalue weighted by Gasteiger charge is -2.39. The van der Waals surface area contributed by atoms with Crippen LogP contribution in [0.1, 0.15) is 45.7 Å². The quantitative estimate of drug-likeness (QED) is 0.845. The molecule has 1 aromatic rings. The van der Waals surface area contributed by atoms with E-state index < -0.39 is 17.5 Å². The van der Waals surface area contributed by atoms with E-state index in [1.165, 1.54) is 0 Å². The molecule has 0 unspecified atom stereocenters. The maximum Gasteiger partial charge on any atom is 0.325 e. The largest absolute Gasteiger partial charge is 0.336 e. The van der Waals surface area contributed by atoms with Crippen molar-refractivity contribution in [1.29, 1.82) is 0 Å². The Hall–Kier alpha value is -2.44. The summed E-state index contributed by atoms with van der Waals surface area (Å²) in [6.07, 6.45) is 4.56. The fourth-order valence-corrected chi connectivity index (χ4v) is 3.80. The number of nitrogens with one attached hydrogen (secondary N) is 1. The van der Waals surface area contributed by atoms with Crippen LogP contribution in [0.3, 0.4) is 0 Å². The summed E-state index contributed by atoms with van der Waals surface area (Å²) in [6, 6.07) is 4.90. The molecule has 0 radical (unpaired) electrons. The zero-order chi connectivity index (χ0) is 18.2. The van der Waals surface area contributed by atoms with Gasteiger partial charge in [0.05, 0.1) is 5.69 Å². The van der Waals surface area contributed by atoms with Crippen molar-refractivity contribution in [1.82, 2.24) is 20.1 Å². The molecule has 2 aliphatic heterocycles. The van der Waals surface area contributed by atoms with Gasteiger partial charge in [-0.1, -0.05) is 6.07 Å². The highest BCUT2D eigenvalue weighted by Crippen LogP contribution is 2.28. The van der Waals surface area contributed by atoms with E-state index in [2.05, 4.69) is 10.3 Å². The van der Waals surface area contributed by atoms with Crippen LogP contribution in [0.25, 0.3) is 0 Å². The lowest BCUT2D eigenvalue weighted by molar-refractivity contribution is -0.142. The van der Waals surface area contributed by atoms with Gasteiger partial charge in [0.15, 0.2) is 5.54 Å². The maximum atomic E-state index is 12.9. The first-order valence-corrected chi connectivity index (χ1v) is 8.71. The Labute approximate surface area is 147 Å². The molecule has 3 atom stereocenters. The van der Waals surface area contributed by atoms with Crippen LogP contribution in [0.15, 0.2) is 24.4 Å². The standard InChI is InChI=1S/C18H24N4O3/c1-12-7-6-8-13(2)22(12)15(23)11-21-16(24)18(3,20-17(21)25)14-9-4-5-10-19-14/h4-5,9-10,12-13H,6-8,11H2,1-3H3,(H,20,25)/t12-,13-,18-/m1/s1. The zero-order valence-electron chi connectivity index (χ0n) is 14.9. The molecule has 7 nitrogen and oxygen atoms in total. The average molecular weight is 344 g/mol. The molecule has 1 aromatic heterocycles. The zero-order valence-corrected chi connectivity index (χ0v) is 14.9. The summed E-state index contributed by atoms with van der Waals surface area (Å²) in [5.41, 5.74) is -0.777. The van der Waals surface area contributed by atoms with E-state index in [4.69, 9.17) is 0 Å². The van der Waals surface area contributed by atoms with Gasteiger partial charge in [-0.15, -0.1) is 0 Å². The van der Waals surface area contributed by atoms with Gasteiger partial charge < -0.3 is 10.2 Å². The SMILES string of the molecule is C[C@@H]1CCC[C@@H](C)N1C(=O)CN1C(=O)N[C@](C)(c2ccccn2)C1=O. The number of aromatic nitrogens is 1. The fraction of sp³-hybridized carbons (Fsp3) is 0.556. The number of hydrogen-bond donors (Lipinski definition) is 1. The van der Waals surface area contributed by atoms with Gasteiger partial charge in [-0.3, -0.25) is 19.5 Å². The van der Waals surface area contributed by atoms with E-state index in [9.17, 15) is 14.4 Å². The number of rotatable bonds is 3. The molecule has 3 rings (SSSR count). The molecule has 0 saturated carbocycles. The van der Waals surface area contributed by atoms with Crippen LogP contribution in [-0.4, -0.2) is 51.3 Å². The number of carbonyl (C=O) groups is 3. The highest BCUT2D eigenvalue weighted by Gasteiger charge is 2.51. The Morgan fingerprint density at radius 1 is 1.28 bits per heavy atom. The second-order valence-electron chi connectivity index (χ2n) is 7.09. The monoisotopic (exact) mass is 344 g/mol. The molecule has 3 heterocycles. The second-order valence-corrected chi connectivity index (χ2v) is 7.09. The number of hydrogen-bond acceptors (Lipinski definition) is 4. The number of nitrogens with zero attached hydrogens (tertiary/aromatic N) is 3. The van der Waals surface area contributed by atoms with Crippen molar-refractivity contribution in [3.05, 3.63) is 30.1 Å². The molecular formula is C18H24N4O3. The van der Waals surface area contributed by atoms with Gasteiger partial charge in [0.25, 0.3) is 5.91 Å². The summed E-state index contributed by atoms with van der Waals surface area (Å²) in [5.74, 6) is -0.629. The summed E-state index contributed by atoms with van der Waals surface area (Å²) in [5, 5.41) is 2.68. The first-order chi connectivity index (χ1) is 11.8. The first-order valence-electron chi connectivity index (χ1n) is 8.71. The molecule has 0 bridgehead atoms. The molecule has 7 heteroatoms. The van der Waals surface area contributed by atoms with Gasteiger partial charge >= 0.3 is 6.03 Å². The minimum absolute atomic E-state index is 0.124. The Morgan fingerprint density at radius 2 is 1.96 bits per heavy atom. The molecule has 2 fully saturated rings. The minimum atomic E-state index is -1.24. The number of carbonyl (C=O) groups excluding carboxylic acids is 3. The number of amides is 4. The van der Waals surface area contributed by atoms with E-state index in [0.29, 0.717) is 5.69 Å². The highest BCUT2D eigenvalue weighted by atomic mass is 16.2. The number of pyridine rings is 1. The molecule has 25 heavy (non-hydrogen) atoms. The van der Waals surface area contributed by atoms with Gasteiger partial charge in [-0.25, -0.2) is 4.79 Å². The van der Waals surface area contributed by atoms with Gasteiger partial charge in [0.2, 0.25) is 5.91 Å². The lowest BCUT2D eigenvalue weighted by atomic mass is 9.96. The smallest absolute Gasteiger partial charge is 0.325 e. The Morgan fingerprint density at radius 3 is 2.56 bits per heavy atom. The second kappa shape index (κ2) is 6.46. The average Bonchev–Trinajstić information content (AvgIpc) is 2.80. The van der Waals surface area contributed by atoms with Crippen LogP contribution in [0.4, 0.5) is 4.79 Å². The molecule has 2 aliphatic rings. The maximum absolute atomic E-state index is 12.9. The molecular weight excluding hydrogens is 320 g/mol.